The van der Waals surface area contributed by atoms with E-state index >= 15 is 0 Å². The summed E-state index contributed by atoms with van der Waals surface area (Å²) in [6.45, 7) is 4.38. The summed E-state index contributed by atoms with van der Waals surface area (Å²) in [5.41, 5.74) is 0.921. The lowest BCUT2D eigenvalue weighted by molar-refractivity contribution is -0.119. The molecule has 1 atom stereocenters. The van der Waals surface area contributed by atoms with Crippen molar-refractivity contribution in [2.24, 2.45) is 5.92 Å². The van der Waals surface area contributed by atoms with Gasteiger partial charge in [-0.3, -0.25) is 4.79 Å². The molecule has 1 fully saturated rings. The zero-order valence-electron chi connectivity index (χ0n) is 13.4. The summed E-state index contributed by atoms with van der Waals surface area (Å²) in [4.78, 5) is 11.7. The van der Waals surface area contributed by atoms with Crippen LogP contribution in [-0.2, 0) is 11.2 Å². The van der Waals surface area contributed by atoms with Crippen LogP contribution in [0.2, 0.25) is 0 Å². The van der Waals surface area contributed by atoms with Crippen LogP contribution in [0.1, 0.15) is 38.7 Å². The maximum absolute atomic E-state index is 11.7. The fourth-order valence-electron chi connectivity index (χ4n) is 3.30. The lowest BCUT2D eigenvalue weighted by Gasteiger charge is -2.32. The van der Waals surface area contributed by atoms with Crippen molar-refractivity contribution < 1.29 is 14.3 Å². The van der Waals surface area contributed by atoms with Crippen molar-refractivity contribution in [2.75, 3.05) is 14.2 Å². The number of hydrogen-bond donors (Lipinski definition) is 1. The van der Waals surface area contributed by atoms with Crippen LogP contribution in [0.15, 0.2) is 18.2 Å². The van der Waals surface area contributed by atoms with Crippen molar-refractivity contribution in [1.29, 1.82) is 0 Å². The molecular weight excluding hydrogens is 266 g/mol. The number of amides is 1. The van der Waals surface area contributed by atoms with E-state index in [0.717, 1.165) is 36.3 Å². The predicted molar refractivity (Wildman–Crippen MR) is 82.8 cm³/mol. The number of methoxy groups -OCH3 is 2. The van der Waals surface area contributed by atoms with E-state index < -0.39 is 0 Å². The highest BCUT2D eigenvalue weighted by Crippen LogP contribution is 2.35. The lowest BCUT2D eigenvalue weighted by atomic mass is 9.82. The second kappa shape index (κ2) is 6.37. The highest BCUT2D eigenvalue weighted by Gasteiger charge is 2.38. The molecule has 4 heteroatoms. The van der Waals surface area contributed by atoms with E-state index in [2.05, 4.69) is 19.2 Å². The number of carbonyl (C=O) groups excluding carboxylic acids is 1. The minimum absolute atomic E-state index is 0.150. The van der Waals surface area contributed by atoms with Gasteiger partial charge in [0.05, 0.1) is 14.2 Å². The van der Waals surface area contributed by atoms with Crippen molar-refractivity contribution in [2.45, 2.75) is 45.1 Å². The molecule has 21 heavy (non-hydrogen) atoms. The second-order valence-electron chi connectivity index (χ2n) is 6.28. The quantitative estimate of drug-likeness (QED) is 0.876. The molecule has 1 amide bonds. The topological polar surface area (TPSA) is 47.6 Å². The van der Waals surface area contributed by atoms with E-state index in [1.54, 1.807) is 14.2 Å². The predicted octanol–water partition coefficient (Wildman–Crippen LogP) is 2.94. The van der Waals surface area contributed by atoms with Crippen LogP contribution in [0.3, 0.4) is 0 Å². The smallest absolute Gasteiger partial charge is 0.220 e. The largest absolute Gasteiger partial charge is 0.497 e. The molecule has 2 rings (SSSR count). The third-order valence-electron chi connectivity index (χ3n) is 4.05. The third-order valence-corrected chi connectivity index (χ3v) is 4.05. The van der Waals surface area contributed by atoms with E-state index in [9.17, 15) is 4.79 Å². The van der Waals surface area contributed by atoms with E-state index in [0.29, 0.717) is 12.3 Å². The zero-order valence-corrected chi connectivity index (χ0v) is 13.4. The molecule has 116 valence electrons. The van der Waals surface area contributed by atoms with Crippen LogP contribution in [0, 0.1) is 5.92 Å². The summed E-state index contributed by atoms with van der Waals surface area (Å²) < 4.78 is 10.8. The van der Waals surface area contributed by atoms with Gasteiger partial charge < -0.3 is 14.8 Å². The molecule has 1 heterocycles. The number of rotatable bonds is 6. The maximum Gasteiger partial charge on any atom is 0.220 e. The van der Waals surface area contributed by atoms with Gasteiger partial charge >= 0.3 is 0 Å². The van der Waals surface area contributed by atoms with Crippen molar-refractivity contribution in [1.82, 2.24) is 5.32 Å². The van der Waals surface area contributed by atoms with Gasteiger partial charge in [0.25, 0.3) is 0 Å². The summed E-state index contributed by atoms with van der Waals surface area (Å²) in [5, 5.41) is 3.20. The molecule has 1 saturated heterocycles. The van der Waals surface area contributed by atoms with Gasteiger partial charge in [-0.05, 0) is 43.4 Å². The van der Waals surface area contributed by atoms with Crippen molar-refractivity contribution >= 4 is 5.91 Å². The van der Waals surface area contributed by atoms with Crippen molar-refractivity contribution in [3.8, 4) is 11.5 Å². The normalized spacial score (nSPS) is 21.5. The second-order valence-corrected chi connectivity index (χ2v) is 6.28. The van der Waals surface area contributed by atoms with Gasteiger partial charge in [0.1, 0.15) is 11.5 Å². The molecule has 1 unspecified atom stereocenters. The summed E-state index contributed by atoms with van der Waals surface area (Å²) in [7, 11) is 3.33. The number of ether oxygens (including phenoxy) is 2. The Hall–Kier alpha value is -1.71. The van der Waals surface area contributed by atoms with Crippen LogP contribution < -0.4 is 14.8 Å². The van der Waals surface area contributed by atoms with Crippen LogP contribution in [0.5, 0.6) is 11.5 Å². The first-order chi connectivity index (χ1) is 9.98. The Morgan fingerprint density at radius 3 is 2.57 bits per heavy atom. The Morgan fingerprint density at radius 1 is 1.29 bits per heavy atom. The Labute approximate surface area is 126 Å². The van der Waals surface area contributed by atoms with Crippen molar-refractivity contribution in [3.05, 3.63) is 23.8 Å². The molecule has 0 spiro atoms. The standard InChI is InChI=1S/C17H25NO3/c1-12(2)10-17(8-7-16(19)18-17)11-13-9-14(20-3)5-6-15(13)21-4/h5-6,9,12H,7-8,10-11H2,1-4H3,(H,18,19). The summed E-state index contributed by atoms with van der Waals surface area (Å²) in [6.07, 6.45) is 3.24. The van der Waals surface area contributed by atoms with Gasteiger partial charge in [-0.15, -0.1) is 0 Å². The first-order valence-corrected chi connectivity index (χ1v) is 7.50. The van der Waals surface area contributed by atoms with Crippen LogP contribution in [0.4, 0.5) is 0 Å². The molecule has 1 aliphatic heterocycles. The molecule has 0 aromatic heterocycles. The third kappa shape index (κ3) is 3.69. The average Bonchev–Trinajstić information content (AvgIpc) is 2.78. The minimum Gasteiger partial charge on any atom is -0.497 e. The Morgan fingerprint density at radius 2 is 2.05 bits per heavy atom. The van der Waals surface area contributed by atoms with E-state index in [-0.39, 0.29) is 11.4 Å². The van der Waals surface area contributed by atoms with E-state index in [4.69, 9.17) is 9.47 Å². The molecular formula is C17H25NO3. The summed E-state index contributed by atoms with van der Waals surface area (Å²) >= 11 is 0. The molecule has 4 nitrogen and oxygen atoms in total. The summed E-state index contributed by atoms with van der Waals surface area (Å²) in [6, 6.07) is 5.82. The van der Waals surface area contributed by atoms with Crippen LogP contribution in [-0.4, -0.2) is 25.7 Å². The SMILES string of the molecule is COc1ccc(OC)c(CC2(CC(C)C)CCC(=O)N2)c1. The summed E-state index contributed by atoms with van der Waals surface area (Å²) in [5.74, 6) is 2.34. The van der Waals surface area contributed by atoms with Gasteiger partial charge in [0.2, 0.25) is 5.91 Å². The number of hydrogen-bond acceptors (Lipinski definition) is 3. The number of nitrogens with one attached hydrogen (secondary N) is 1. The molecule has 0 bridgehead atoms. The van der Waals surface area contributed by atoms with Gasteiger partial charge in [-0.25, -0.2) is 0 Å². The van der Waals surface area contributed by atoms with E-state index in [1.165, 1.54) is 0 Å². The molecule has 0 saturated carbocycles. The Kier molecular flexibility index (Phi) is 4.76. The first kappa shape index (κ1) is 15.7. The molecule has 1 aliphatic rings. The van der Waals surface area contributed by atoms with Crippen molar-refractivity contribution in [3.63, 3.8) is 0 Å². The Balaban J connectivity index is 2.30. The number of carbonyl (C=O) groups is 1. The lowest BCUT2D eigenvalue weighted by Crippen LogP contribution is -2.44. The van der Waals surface area contributed by atoms with Gasteiger partial charge in [0.15, 0.2) is 0 Å². The highest BCUT2D eigenvalue weighted by atomic mass is 16.5. The van der Waals surface area contributed by atoms with Gasteiger partial charge in [-0.1, -0.05) is 13.8 Å². The van der Waals surface area contributed by atoms with Crippen LogP contribution >= 0.6 is 0 Å². The number of benzene rings is 1. The van der Waals surface area contributed by atoms with Gasteiger partial charge in [-0.2, -0.15) is 0 Å². The fraction of sp³-hybridized carbons (Fsp3) is 0.588. The molecule has 0 radical (unpaired) electrons. The molecule has 1 aromatic carbocycles. The maximum atomic E-state index is 11.7. The highest BCUT2D eigenvalue weighted by molar-refractivity contribution is 5.79. The average molecular weight is 291 g/mol. The monoisotopic (exact) mass is 291 g/mol. The Bertz CT molecular complexity index is 513. The zero-order chi connectivity index (χ0) is 15.5. The fourth-order valence-corrected chi connectivity index (χ4v) is 3.30. The molecule has 1 N–H and O–H groups in total. The van der Waals surface area contributed by atoms with Gasteiger partial charge in [0, 0.05) is 17.5 Å². The first-order valence-electron chi connectivity index (χ1n) is 7.50. The van der Waals surface area contributed by atoms with E-state index in [1.807, 2.05) is 18.2 Å². The van der Waals surface area contributed by atoms with Crippen LogP contribution in [0.25, 0.3) is 0 Å². The molecule has 0 aliphatic carbocycles. The molecule has 1 aromatic rings. The minimum atomic E-state index is -0.162.